The monoisotopic (exact) mass is 218 g/mol. The van der Waals surface area contributed by atoms with Gasteiger partial charge in [-0.1, -0.05) is 11.6 Å². The normalized spacial score (nSPS) is 9.85. The average Bonchev–Trinajstić information content (AvgIpc) is 2.36. The maximum Gasteiger partial charge on any atom is 0.321 e. The number of halogens is 1. The summed E-state index contributed by atoms with van der Waals surface area (Å²) in [4.78, 5) is 12.7. The number of thiophene rings is 1. The van der Waals surface area contributed by atoms with E-state index in [-0.39, 0.29) is 6.03 Å². The third kappa shape index (κ3) is 2.35. The Balaban J connectivity index is 2.75. The number of amides is 2. The summed E-state index contributed by atoms with van der Waals surface area (Å²) < 4.78 is 0. The Morgan fingerprint density at radius 3 is 2.62 bits per heavy atom. The maximum atomic E-state index is 11.3. The van der Waals surface area contributed by atoms with Gasteiger partial charge in [-0.15, -0.1) is 11.3 Å². The molecule has 1 N–H and O–H groups in total. The largest absolute Gasteiger partial charge is 0.331 e. The molecule has 0 saturated heterocycles. The molecule has 0 atom stereocenters. The third-order valence-electron chi connectivity index (χ3n) is 1.61. The number of carbonyl (C=O) groups is 1. The van der Waals surface area contributed by atoms with Crippen LogP contribution in [0.15, 0.2) is 5.38 Å². The molecule has 5 heteroatoms. The average molecular weight is 219 g/mol. The summed E-state index contributed by atoms with van der Waals surface area (Å²) in [5.74, 6) is 0. The number of nitrogens with zero attached hydrogens (tertiary/aromatic N) is 1. The minimum atomic E-state index is -0.137. The van der Waals surface area contributed by atoms with Crippen LogP contribution < -0.4 is 5.32 Å². The van der Waals surface area contributed by atoms with Crippen molar-refractivity contribution in [2.45, 2.75) is 6.92 Å². The second-order valence-corrected chi connectivity index (χ2v) is 4.15. The molecule has 0 fully saturated rings. The van der Waals surface area contributed by atoms with E-state index in [9.17, 15) is 4.79 Å². The highest BCUT2D eigenvalue weighted by Crippen LogP contribution is 2.30. The van der Waals surface area contributed by atoms with Crippen LogP contribution in [0.4, 0.5) is 9.80 Å². The molecule has 0 bridgehead atoms. The van der Waals surface area contributed by atoms with Crippen molar-refractivity contribution >= 4 is 34.0 Å². The van der Waals surface area contributed by atoms with Crippen LogP contribution >= 0.6 is 22.9 Å². The fourth-order valence-corrected chi connectivity index (χ4v) is 1.84. The number of nitrogens with one attached hydrogen (secondary N) is 1. The van der Waals surface area contributed by atoms with Gasteiger partial charge in [-0.05, 0) is 6.92 Å². The van der Waals surface area contributed by atoms with E-state index < -0.39 is 0 Å². The predicted molar refractivity (Wildman–Crippen MR) is 56.8 cm³/mol. The van der Waals surface area contributed by atoms with Crippen LogP contribution in [-0.4, -0.2) is 25.0 Å². The Kier molecular flexibility index (Phi) is 3.17. The van der Waals surface area contributed by atoms with E-state index in [2.05, 4.69) is 5.32 Å². The quantitative estimate of drug-likeness (QED) is 0.773. The third-order valence-corrected chi connectivity index (χ3v) is 3.13. The van der Waals surface area contributed by atoms with Gasteiger partial charge < -0.3 is 4.90 Å². The minimum Gasteiger partial charge on any atom is -0.331 e. The zero-order valence-electron chi connectivity index (χ0n) is 7.72. The van der Waals surface area contributed by atoms with Crippen LogP contribution in [0, 0.1) is 6.92 Å². The second kappa shape index (κ2) is 3.98. The first-order valence-corrected chi connectivity index (χ1v) is 5.00. The Hall–Kier alpha value is -0.740. The maximum absolute atomic E-state index is 11.3. The summed E-state index contributed by atoms with van der Waals surface area (Å²) in [6.07, 6.45) is 0. The van der Waals surface area contributed by atoms with E-state index in [0.717, 1.165) is 10.6 Å². The molecule has 1 aromatic heterocycles. The molecule has 0 aromatic carbocycles. The van der Waals surface area contributed by atoms with Crippen molar-refractivity contribution in [3.63, 3.8) is 0 Å². The number of carbonyl (C=O) groups excluding carboxylic acids is 1. The number of anilines is 1. The lowest BCUT2D eigenvalue weighted by molar-refractivity contribution is 0.231. The van der Waals surface area contributed by atoms with Crippen LogP contribution in [0.1, 0.15) is 5.56 Å². The first-order valence-electron chi connectivity index (χ1n) is 3.74. The fourth-order valence-electron chi connectivity index (χ4n) is 0.728. The number of hydrogen-bond donors (Lipinski definition) is 1. The highest BCUT2D eigenvalue weighted by atomic mass is 35.5. The molecule has 13 heavy (non-hydrogen) atoms. The van der Waals surface area contributed by atoms with Gasteiger partial charge in [0.2, 0.25) is 0 Å². The van der Waals surface area contributed by atoms with Gasteiger partial charge in [0.1, 0.15) is 5.00 Å². The van der Waals surface area contributed by atoms with Crippen LogP contribution in [0.3, 0.4) is 0 Å². The molecule has 1 heterocycles. The van der Waals surface area contributed by atoms with E-state index in [1.165, 1.54) is 16.2 Å². The van der Waals surface area contributed by atoms with E-state index in [0.29, 0.717) is 5.02 Å². The van der Waals surface area contributed by atoms with Gasteiger partial charge in [-0.2, -0.15) is 0 Å². The van der Waals surface area contributed by atoms with Gasteiger partial charge in [-0.3, -0.25) is 5.32 Å². The molecule has 0 aliphatic carbocycles. The van der Waals surface area contributed by atoms with E-state index in [1.54, 1.807) is 14.1 Å². The van der Waals surface area contributed by atoms with Crippen LogP contribution in [0.5, 0.6) is 0 Å². The summed E-state index contributed by atoms with van der Waals surface area (Å²) in [7, 11) is 3.39. The molecule has 0 unspecified atom stereocenters. The fraction of sp³-hybridized carbons (Fsp3) is 0.375. The molecular weight excluding hydrogens is 208 g/mol. The van der Waals surface area contributed by atoms with Crippen molar-refractivity contribution in [1.29, 1.82) is 0 Å². The number of rotatable bonds is 1. The van der Waals surface area contributed by atoms with Crippen LogP contribution in [-0.2, 0) is 0 Å². The Bertz CT molecular complexity index is 322. The lowest BCUT2D eigenvalue weighted by Gasteiger charge is -2.10. The molecule has 2 amide bonds. The van der Waals surface area contributed by atoms with Gasteiger partial charge in [0.25, 0.3) is 0 Å². The predicted octanol–water partition coefficient (Wildman–Crippen LogP) is 2.80. The molecule has 0 aliphatic rings. The highest BCUT2D eigenvalue weighted by Gasteiger charge is 2.09. The SMILES string of the molecule is Cc1c(Cl)csc1NC(=O)N(C)C. The lowest BCUT2D eigenvalue weighted by atomic mass is 10.4. The van der Waals surface area contributed by atoms with Crippen molar-refractivity contribution in [3.05, 3.63) is 16.0 Å². The first kappa shape index (κ1) is 10.3. The molecule has 0 spiro atoms. The minimum absolute atomic E-state index is 0.137. The molecule has 0 aliphatic heterocycles. The van der Waals surface area contributed by atoms with Crippen LogP contribution in [0.2, 0.25) is 5.02 Å². The van der Waals surface area contributed by atoms with Gasteiger partial charge in [0.05, 0.1) is 5.02 Å². The molecule has 72 valence electrons. The number of hydrogen-bond acceptors (Lipinski definition) is 2. The summed E-state index contributed by atoms with van der Waals surface area (Å²) in [5.41, 5.74) is 0.918. The summed E-state index contributed by atoms with van der Waals surface area (Å²) in [6.45, 7) is 1.88. The molecule has 0 saturated carbocycles. The topological polar surface area (TPSA) is 32.3 Å². The molecule has 1 aromatic rings. The van der Waals surface area contributed by atoms with E-state index in [1.807, 2.05) is 12.3 Å². The highest BCUT2D eigenvalue weighted by molar-refractivity contribution is 7.15. The Morgan fingerprint density at radius 1 is 1.62 bits per heavy atom. The second-order valence-electron chi connectivity index (χ2n) is 2.86. The molecule has 0 radical (unpaired) electrons. The summed E-state index contributed by atoms with van der Waals surface area (Å²) in [6, 6.07) is -0.137. The van der Waals surface area contributed by atoms with Crippen molar-refractivity contribution in [2.24, 2.45) is 0 Å². The first-order chi connectivity index (χ1) is 6.02. The smallest absolute Gasteiger partial charge is 0.321 e. The summed E-state index contributed by atoms with van der Waals surface area (Å²) >= 11 is 7.27. The van der Waals surface area contributed by atoms with Crippen molar-refractivity contribution in [3.8, 4) is 0 Å². The molecule has 3 nitrogen and oxygen atoms in total. The van der Waals surface area contributed by atoms with Gasteiger partial charge in [0, 0.05) is 25.0 Å². The summed E-state index contributed by atoms with van der Waals surface area (Å²) in [5, 5.41) is 6.06. The van der Waals surface area contributed by atoms with E-state index in [4.69, 9.17) is 11.6 Å². The number of urea groups is 1. The van der Waals surface area contributed by atoms with Gasteiger partial charge >= 0.3 is 6.03 Å². The van der Waals surface area contributed by atoms with E-state index >= 15 is 0 Å². The van der Waals surface area contributed by atoms with Crippen LogP contribution in [0.25, 0.3) is 0 Å². The molecular formula is C8H11ClN2OS. The zero-order chi connectivity index (χ0) is 10.0. The van der Waals surface area contributed by atoms with Crippen molar-refractivity contribution in [1.82, 2.24) is 4.90 Å². The Labute approximate surface area is 86.3 Å². The van der Waals surface area contributed by atoms with Crippen molar-refractivity contribution < 1.29 is 4.79 Å². The Morgan fingerprint density at radius 2 is 2.23 bits per heavy atom. The lowest BCUT2D eigenvalue weighted by Crippen LogP contribution is -2.27. The molecule has 1 rings (SSSR count). The zero-order valence-corrected chi connectivity index (χ0v) is 9.29. The van der Waals surface area contributed by atoms with Gasteiger partial charge in [0.15, 0.2) is 0 Å². The van der Waals surface area contributed by atoms with Gasteiger partial charge in [-0.25, -0.2) is 4.79 Å². The standard InChI is InChI=1S/C8H11ClN2OS/c1-5-6(9)4-13-7(5)10-8(12)11(2)3/h4H,1-3H3,(H,10,12). The van der Waals surface area contributed by atoms with Crippen molar-refractivity contribution in [2.75, 3.05) is 19.4 Å².